The number of benzene rings is 1. The second-order valence-electron chi connectivity index (χ2n) is 7.86. The minimum Gasteiger partial charge on any atom is -0.306 e. The topological polar surface area (TPSA) is 60.4 Å². The lowest BCUT2D eigenvalue weighted by atomic mass is 10.1. The number of hydrogen-bond acceptors (Lipinski definition) is 4. The molecule has 1 aliphatic carbocycles. The van der Waals surface area contributed by atoms with Crippen LogP contribution in [0.1, 0.15) is 35.7 Å². The summed E-state index contributed by atoms with van der Waals surface area (Å²) in [5.41, 5.74) is 8.04. The average molecular weight is 380 g/mol. The van der Waals surface area contributed by atoms with E-state index in [0.717, 1.165) is 39.9 Å². The van der Waals surface area contributed by atoms with Crippen LogP contribution in [0.25, 0.3) is 33.9 Å². The number of rotatable bonds is 3. The fourth-order valence-corrected chi connectivity index (χ4v) is 3.85. The Bertz CT molecular complexity index is 1350. The van der Waals surface area contributed by atoms with E-state index in [1.54, 1.807) is 0 Å². The van der Waals surface area contributed by atoms with Gasteiger partial charge in [-0.1, -0.05) is 18.2 Å². The number of fused-ring (bicyclic) bond motifs is 2. The Morgan fingerprint density at radius 2 is 1.90 bits per heavy atom. The van der Waals surface area contributed by atoms with E-state index in [1.807, 2.05) is 42.9 Å². The van der Waals surface area contributed by atoms with Gasteiger partial charge in [0, 0.05) is 29.7 Å². The van der Waals surface area contributed by atoms with E-state index in [4.69, 9.17) is 9.97 Å². The largest absolute Gasteiger partial charge is 0.306 e. The highest BCUT2D eigenvalue weighted by molar-refractivity contribution is 5.68. The molecular weight excluding hydrogens is 360 g/mol. The molecule has 0 atom stereocenters. The molecule has 0 radical (unpaired) electrons. The number of aromatic nitrogens is 6. The molecule has 0 spiro atoms. The first kappa shape index (κ1) is 16.4. The van der Waals surface area contributed by atoms with Gasteiger partial charge >= 0.3 is 0 Å². The van der Waals surface area contributed by atoms with Crippen molar-refractivity contribution in [3.05, 3.63) is 71.9 Å². The molecule has 6 nitrogen and oxygen atoms in total. The van der Waals surface area contributed by atoms with Crippen molar-refractivity contribution >= 4 is 11.3 Å². The van der Waals surface area contributed by atoms with Crippen LogP contribution in [-0.2, 0) is 0 Å². The zero-order valence-corrected chi connectivity index (χ0v) is 16.4. The fourth-order valence-electron chi connectivity index (χ4n) is 3.85. The number of imidazole rings is 1. The average Bonchev–Trinajstić information content (AvgIpc) is 3.34. The van der Waals surface area contributed by atoms with Gasteiger partial charge in [-0.2, -0.15) is 0 Å². The van der Waals surface area contributed by atoms with Gasteiger partial charge in [-0.25, -0.2) is 14.5 Å². The minimum absolute atomic E-state index is 0.687. The van der Waals surface area contributed by atoms with Crippen LogP contribution in [0.2, 0.25) is 0 Å². The van der Waals surface area contributed by atoms with Crippen LogP contribution in [0.15, 0.2) is 55.0 Å². The lowest BCUT2D eigenvalue weighted by Crippen LogP contribution is -1.97. The van der Waals surface area contributed by atoms with Gasteiger partial charge in [0.1, 0.15) is 5.65 Å². The Labute approximate surface area is 167 Å². The summed E-state index contributed by atoms with van der Waals surface area (Å²) in [6, 6.07) is 12.9. The molecule has 0 unspecified atom stereocenters. The maximum atomic E-state index is 4.87. The molecule has 1 fully saturated rings. The smallest absolute Gasteiger partial charge is 0.182 e. The molecule has 142 valence electrons. The normalized spacial score (nSPS) is 14.1. The quantitative estimate of drug-likeness (QED) is 0.459. The van der Waals surface area contributed by atoms with Crippen LogP contribution in [0.4, 0.5) is 0 Å². The molecule has 0 saturated heterocycles. The molecular formula is C23H20N6. The van der Waals surface area contributed by atoms with Crippen LogP contribution in [0.3, 0.4) is 0 Å². The molecule has 1 saturated carbocycles. The Kier molecular flexibility index (Phi) is 3.38. The lowest BCUT2D eigenvalue weighted by molar-refractivity contribution is 0.891. The number of hydrogen-bond donors (Lipinski definition) is 0. The van der Waals surface area contributed by atoms with Crippen LogP contribution >= 0.6 is 0 Å². The van der Waals surface area contributed by atoms with E-state index in [9.17, 15) is 0 Å². The van der Waals surface area contributed by atoms with Crippen molar-refractivity contribution in [1.82, 2.24) is 29.0 Å². The molecule has 1 aromatic carbocycles. The van der Waals surface area contributed by atoms with Crippen LogP contribution in [-0.4, -0.2) is 29.0 Å². The van der Waals surface area contributed by atoms with Crippen molar-refractivity contribution in [2.75, 3.05) is 0 Å². The summed E-state index contributed by atoms with van der Waals surface area (Å²) < 4.78 is 3.90. The first-order chi connectivity index (χ1) is 14.2. The molecule has 4 heterocycles. The Balaban J connectivity index is 1.43. The maximum absolute atomic E-state index is 4.87. The van der Waals surface area contributed by atoms with E-state index >= 15 is 0 Å². The second-order valence-corrected chi connectivity index (χ2v) is 7.86. The Morgan fingerprint density at radius 1 is 1.00 bits per heavy atom. The molecule has 0 bridgehead atoms. The van der Waals surface area contributed by atoms with Crippen LogP contribution < -0.4 is 0 Å². The monoisotopic (exact) mass is 380 g/mol. The predicted molar refractivity (Wildman–Crippen MR) is 112 cm³/mol. The van der Waals surface area contributed by atoms with Gasteiger partial charge in [-0.15, -0.1) is 5.10 Å². The molecule has 5 aromatic rings. The molecule has 0 N–H and O–H groups in total. The highest BCUT2D eigenvalue weighted by atomic mass is 15.3. The van der Waals surface area contributed by atoms with Crippen molar-refractivity contribution in [3.8, 4) is 22.6 Å². The zero-order valence-electron chi connectivity index (χ0n) is 16.4. The summed E-state index contributed by atoms with van der Waals surface area (Å²) in [4.78, 5) is 14.0. The maximum Gasteiger partial charge on any atom is 0.182 e. The van der Waals surface area contributed by atoms with Crippen molar-refractivity contribution in [1.29, 1.82) is 0 Å². The Hall–Kier alpha value is -3.54. The van der Waals surface area contributed by atoms with Gasteiger partial charge in [0.15, 0.2) is 11.5 Å². The van der Waals surface area contributed by atoms with Crippen molar-refractivity contribution in [3.63, 3.8) is 0 Å². The third kappa shape index (κ3) is 2.71. The van der Waals surface area contributed by atoms with Crippen molar-refractivity contribution in [2.24, 2.45) is 0 Å². The van der Waals surface area contributed by atoms with Gasteiger partial charge in [0.05, 0.1) is 17.1 Å². The van der Waals surface area contributed by atoms with Crippen LogP contribution in [0.5, 0.6) is 0 Å². The van der Waals surface area contributed by atoms with E-state index in [1.165, 1.54) is 24.0 Å². The first-order valence-electron chi connectivity index (χ1n) is 9.94. The van der Waals surface area contributed by atoms with Crippen molar-refractivity contribution < 1.29 is 0 Å². The summed E-state index contributed by atoms with van der Waals surface area (Å²) in [6.07, 6.45) is 8.54. The number of pyridine rings is 1. The molecule has 0 amide bonds. The summed E-state index contributed by atoms with van der Waals surface area (Å²) in [5, 5.41) is 4.68. The fraction of sp³-hybridized carbons (Fsp3) is 0.217. The predicted octanol–water partition coefficient (Wildman–Crippen LogP) is 4.60. The van der Waals surface area contributed by atoms with E-state index in [-0.39, 0.29) is 0 Å². The third-order valence-corrected chi connectivity index (χ3v) is 5.66. The second kappa shape index (κ2) is 5.98. The van der Waals surface area contributed by atoms with E-state index < -0.39 is 0 Å². The van der Waals surface area contributed by atoms with Gasteiger partial charge in [-0.3, -0.25) is 4.98 Å². The summed E-state index contributed by atoms with van der Waals surface area (Å²) in [5.74, 6) is 1.42. The standard InChI is InChI=1S/C23H20N6/c1-14-12-24-15(2)23-26-22(27-29(14)23)19-8-9-28-13-20(25-21(28)11-19)18-5-3-4-17(10-18)16-6-7-16/h3-5,8-13,16H,6-7H2,1-2H3. The molecule has 0 aliphatic heterocycles. The van der Waals surface area contributed by atoms with E-state index in [0.29, 0.717) is 5.82 Å². The molecule has 4 aromatic heterocycles. The molecule has 6 heteroatoms. The molecule has 29 heavy (non-hydrogen) atoms. The summed E-state index contributed by atoms with van der Waals surface area (Å²) in [6.45, 7) is 3.94. The summed E-state index contributed by atoms with van der Waals surface area (Å²) >= 11 is 0. The molecule has 6 rings (SSSR count). The number of aryl methyl sites for hydroxylation is 2. The third-order valence-electron chi connectivity index (χ3n) is 5.66. The van der Waals surface area contributed by atoms with Crippen molar-refractivity contribution in [2.45, 2.75) is 32.6 Å². The van der Waals surface area contributed by atoms with Gasteiger partial charge in [-0.05, 0) is 56.4 Å². The van der Waals surface area contributed by atoms with Crippen LogP contribution in [0, 0.1) is 13.8 Å². The lowest BCUT2D eigenvalue weighted by Gasteiger charge is -2.00. The SMILES string of the molecule is Cc1ncc(C)n2nc(-c3ccn4cc(-c5cccc(C6CC6)c5)nc4c3)nc12. The van der Waals surface area contributed by atoms with Gasteiger partial charge < -0.3 is 4.40 Å². The first-order valence-corrected chi connectivity index (χ1v) is 9.94. The van der Waals surface area contributed by atoms with Gasteiger partial charge in [0.2, 0.25) is 0 Å². The minimum atomic E-state index is 0.687. The van der Waals surface area contributed by atoms with E-state index in [2.05, 4.69) is 44.9 Å². The van der Waals surface area contributed by atoms with Gasteiger partial charge in [0.25, 0.3) is 0 Å². The summed E-state index contributed by atoms with van der Waals surface area (Å²) in [7, 11) is 0. The highest BCUT2D eigenvalue weighted by Gasteiger charge is 2.23. The molecule has 1 aliphatic rings. The zero-order chi connectivity index (χ0) is 19.5. The highest BCUT2D eigenvalue weighted by Crippen LogP contribution is 2.41. The Morgan fingerprint density at radius 3 is 2.72 bits per heavy atom. The number of nitrogens with zero attached hydrogens (tertiary/aromatic N) is 6.